The molecule has 0 unspecified atom stereocenters. The van der Waals surface area contributed by atoms with Crippen LogP contribution in [0.4, 0.5) is 0 Å². The molecule has 2 atom stereocenters. The quantitative estimate of drug-likeness (QED) is 0.397. The minimum absolute atomic E-state index is 0.552. The molecule has 1 saturated carbocycles. The SMILES string of the molecule is S[C@@H]1CCCCC[C@H]1S. The van der Waals surface area contributed by atoms with Crippen molar-refractivity contribution >= 4 is 25.3 Å². The maximum atomic E-state index is 4.45. The van der Waals surface area contributed by atoms with E-state index in [2.05, 4.69) is 25.3 Å². The van der Waals surface area contributed by atoms with Gasteiger partial charge in [0.1, 0.15) is 0 Å². The average Bonchev–Trinajstić information content (AvgIpc) is 1.99. The maximum absolute atomic E-state index is 4.45. The van der Waals surface area contributed by atoms with E-state index < -0.39 is 0 Å². The fraction of sp³-hybridized carbons (Fsp3) is 1.00. The van der Waals surface area contributed by atoms with Crippen LogP contribution in [0.1, 0.15) is 32.1 Å². The maximum Gasteiger partial charge on any atom is 0.0133 e. The Kier molecular flexibility index (Phi) is 3.27. The summed E-state index contributed by atoms with van der Waals surface area (Å²) in [6.07, 6.45) is 6.61. The van der Waals surface area contributed by atoms with Crippen LogP contribution in [0.5, 0.6) is 0 Å². The highest BCUT2D eigenvalue weighted by Crippen LogP contribution is 2.25. The molecule has 1 fully saturated rings. The molecule has 2 heteroatoms. The Morgan fingerprint density at radius 2 is 1.22 bits per heavy atom. The first-order chi connectivity index (χ1) is 4.30. The van der Waals surface area contributed by atoms with Crippen LogP contribution in [0.25, 0.3) is 0 Å². The second kappa shape index (κ2) is 3.77. The Bertz CT molecular complexity index is 73.0. The molecular formula is C7H14S2. The zero-order valence-corrected chi connectivity index (χ0v) is 7.37. The van der Waals surface area contributed by atoms with E-state index in [1.165, 1.54) is 32.1 Å². The third kappa shape index (κ3) is 2.42. The van der Waals surface area contributed by atoms with Crippen molar-refractivity contribution in [2.75, 3.05) is 0 Å². The molecule has 1 aliphatic carbocycles. The summed E-state index contributed by atoms with van der Waals surface area (Å²) in [6.45, 7) is 0. The van der Waals surface area contributed by atoms with E-state index >= 15 is 0 Å². The van der Waals surface area contributed by atoms with Crippen molar-refractivity contribution in [1.82, 2.24) is 0 Å². The van der Waals surface area contributed by atoms with Crippen LogP contribution in [-0.4, -0.2) is 10.5 Å². The summed E-state index contributed by atoms with van der Waals surface area (Å²) < 4.78 is 0. The van der Waals surface area contributed by atoms with Crippen molar-refractivity contribution in [3.05, 3.63) is 0 Å². The molecule has 0 aliphatic heterocycles. The predicted molar refractivity (Wildman–Crippen MR) is 48.6 cm³/mol. The van der Waals surface area contributed by atoms with Gasteiger partial charge in [0.05, 0.1) is 0 Å². The van der Waals surface area contributed by atoms with Gasteiger partial charge in [-0.15, -0.1) is 0 Å². The van der Waals surface area contributed by atoms with Gasteiger partial charge in [-0.3, -0.25) is 0 Å². The van der Waals surface area contributed by atoms with Gasteiger partial charge in [-0.2, -0.15) is 25.3 Å². The highest BCUT2D eigenvalue weighted by Gasteiger charge is 2.15. The third-order valence-electron chi connectivity index (χ3n) is 1.94. The summed E-state index contributed by atoms with van der Waals surface area (Å²) in [5, 5.41) is 1.10. The smallest absolute Gasteiger partial charge is 0.0133 e. The molecule has 0 N–H and O–H groups in total. The van der Waals surface area contributed by atoms with Gasteiger partial charge in [-0.25, -0.2) is 0 Å². The second-order valence-electron chi connectivity index (χ2n) is 2.77. The Morgan fingerprint density at radius 1 is 0.778 bits per heavy atom. The van der Waals surface area contributed by atoms with Gasteiger partial charge in [0.15, 0.2) is 0 Å². The van der Waals surface area contributed by atoms with Crippen LogP contribution >= 0.6 is 25.3 Å². The van der Waals surface area contributed by atoms with E-state index in [0.29, 0.717) is 10.5 Å². The summed E-state index contributed by atoms with van der Waals surface area (Å²) in [5.41, 5.74) is 0. The van der Waals surface area contributed by atoms with Crippen molar-refractivity contribution < 1.29 is 0 Å². The molecule has 0 amide bonds. The Hall–Kier alpha value is 0.700. The normalized spacial score (nSPS) is 38.0. The Labute approximate surface area is 68.2 Å². The van der Waals surface area contributed by atoms with Crippen molar-refractivity contribution in [2.24, 2.45) is 0 Å². The van der Waals surface area contributed by atoms with E-state index in [9.17, 15) is 0 Å². The lowest BCUT2D eigenvalue weighted by Crippen LogP contribution is -2.12. The molecule has 0 aromatic carbocycles. The summed E-state index contributed by atoms with van der Waals surface area (Å²) in [4.78, 5) is 0. The van der Waals surface area contributed by atoms with Crippen molar-refractivity contribution in [2.45, 2.75) is 42.6 Å². The van der Waals surface area contributed by atoms with Gasteiger partial charge in [0.25, 0.3) is 0 Å². The summed E-state index contributed by atoms with van der Waals surface area (Å²) in [6, 6.07) is 0. The van der Waals surface area contributed by atoms with Crippen molar-refractivity contribution in [3.63, 3.8) is 0 Å². The molecule has 0 radical (unpaired) electrons. The summed E-state index contributed by atoms with van der Waals surface area (Å²) in [7, 11) is 0. The monoisotopic (exact) mass is 162 g/mol. The van der Waals surface area contributed by atoms with E-state index in [4.69, 9.17) is 0 Å². The van der Waals surface area contributed by atoms with Gasteiger partial charge in [-0.05, 0) is 12.8 Å². The number of hydrogen-bond acceptors (Lipinski definition) is 2. The minimum atomic E-state index is 0.552. The molecule has 0 heterocycles. The standard InChI is InChI=1S/C7H14S2/c8-6-4-2-1-3-5-7(6)9/h6-9H,1-5H2/t6-,7-/m1/s1. The predicted octanol–water partition coefficient (Wildman–Crippen LogP) is 2.55. The first-order valence-electron chi connectivity index (χ1n) is 3.67. The van der Waals surface area contributed by atoms with Gasteiger partial charge in [0.2, 0.25) is 0 Å². The van der Waals surface area contributed by atoms with Gasteiger partial charge in [-0.1, -0.05) is 19.3 Å². The zero-order chi connectivity index (χ0) is 6.69. The molecule has 0 aromatic rings. The highest BCUT2D eigenvalue weighted by atomic mass is 32.1. The number of hydrogen-bond donors (Lipinski definition) is 2. The molecule has 0 bridgehead atoms. The molecule has 9 heavy (non-hydrogen) atoms. The van der Waals surface area contributed by atoms with E-state index in [-0.39, 0.29) is 0 Å². The first kappa shape index (κ1) is 7.80. The van der Waals surface area contributed by atoms with Crippen LogP contribution in [0, 0.1) is 0 Å². The van der Waals surface area contributed by atoms with Crippen LogP contribution in [0.3, 0.4) is 0 Å². The highest BCUT2D eigenvalue weighted by molar-refractivity contribution is 7.85. The summed E-state index contributed by atoms with van der Waals surface area (Å²) >= 11 is 8.90. The van der Waals surface area contributed by atoms with Crippen LogP contribution in [-0.2, 0) is 0 Å². The molecule has 1 rings (SSSR count). The minimum Gasteiger partial charge on any atom is -0.175 e. The molecular weight excluding hydrogens is 148 g/mol. The lowest BCUT2D eigenvalue weighted by molar-refractivity contribution is 0.704. The van der Waals surface area contributed by atoms with E-state index in [1.54, 1.807) is 0 Å². The van der Waals surface area contributed by atoms with E-state index in [1.807, 2.05) is 0 Å². The fourth-order valence-corrected chi connectivity index (χ4v) is 1.93. The molecule has 0 saturated heterocycles. The lowest BCUT2D eigenvalue weighted by atomic mass is 10.2. The van der Waals surface area contributed by atoms with Crippen molar-refractivity contribution in [3.8, 4) is 0 Å². The van der Waals surface area contributed by atoms with Gasteiger partial charge >= 0.3 is 0 Å². The Morgan fingerprint density at radius 3 is 1.67 bits per heavy atom. The largest absolute Gasteiger partial charge is 0.175 e. The average molecular weight is 162 g/mol. The van der Waals surface area contributed by atoms with Gasteiger partial charge in [0, 0.05) is 10.5 Å². The molecule has 0 nitrogen and oxygen atoms in total. The fourth-order valence-electron chi connectivity index (χ4n) is 1.27. The lowest BCUT2D eigenvalue weighted by Gasteiger charge is -2.12. The van der Waals surface area contributed by atoms with Crippen LogP contribution in [0.2, 0.25) is 0 Å². The van der Waals surface area contributed by atoms with Gasteiger partial charge < -0.3 is 0 Å². The van der Waals surface area contributed by atoms with Crippen molar-refractivity contribution in [1.29, 1.82) is 0 Å². The Balaban J connectivity index is 2.32. The molecule has 0 spiro atoms. The second-order valence-corrected chi connectivity index (χ2v) is 4.10. The number of rotatable bonds is 0. The first-order valence-corrected chi connectivity index (χ1v) is 4.70. The molecule has 54 valence electrons. The topological polar surface area (TPSA) is 0 Å². The third-order valence-corrected chi connectivity index (χ3v) is 3.42. The molecule has 1 aliphatic rings. The van der Waals surface area contributed by atoms with Crippen LogP contribution < -0.4 is 0 Å². The summed E-state index contributed by atoms with van der Waals surface area (Å²) in [5.74, 6) is 0. The zero-order valence-electron chi connectivity index (χ0n) is 5.58. The van der Waals surface area contributed by atoms with E-state index in [0.717, 1.165) is 0 Å². The molecule has 0 aromatic heterocycles. The van der Waals surface area contributed by atoms with Crippen LogP contribution in [0.15, 0.2) is 0 Å². The number of thiol groups is 2.